The number of amides is 1. The molecule has 0 spiro atoms. The summed E-state index contributed by atoms with van der Waals surface area (Å²) in [5.74, 6) is -0.482. The van der Waals surface area contributed by atoms with Crippen molar-refractivity contribution < 1.29 is 13.2 Å². The van der Waals surface area contributed by atoms with Crippen LogP contribution in [0.5, 0.6) is 0 Å². The highest BCUT2D eigenvalue weighted by Crippen LogP contribution is 2.30. The fraction of sp³-hybridized carbons (Fsp3) is 0.235. The van der Waals surface area contributed by atoms with Gasteiger partial charge in [-0.1, -0.05) is 29.3 Å². The average Bonchev–Trinajstić information content (AvgIpc) is 2.50. The first kappa shape index (κ1) is 19.6. The molecule has 134 valence electrons. The Morgan fingerprint density at radius 1 is 1.08 bits per heavy atom. The van der Waals surface area contributed by atoms with Crippen molar-refractivity contribution in [3.63, 3.8) is 0 Å². The van der Waals surface area contributed by atoms with Gasteiger partial charge in [-0.25, -0.2) is 8.42 Å². The highest BCUT2D eigenvalue weighted by Gasteiger charge is 2.23. The van der Waals surface area contributed by atoms with Crippen LogP contribution in [0.15, 0.2) is 36.4 Å². The Morgan fingerprint density at radius 2 is 1.76 bits per heavy atom. The number of aryl methyl sites for hydroxylation is 2. The molecule has 1 N–H and O–H groups in total. The molecule has 0 unspecified atom stereocenters. The molecular weight excluding hydrogens is 383 g/mol. The minimum Gasteiger partial charge on any atom is -0.325 e. The van der Waals surface area contributed by atoms with Gasteiger partial charge in [-0.05, 0) is 55.3 Å². The largest absolute Gasteiger partial charge is 0.325 e. The molecule has 0 aliphatic carbocycles. The lowest BCUT2D eigenvalue weighted by molar-refractivity contribution is -0.114. The second-order valence-electron chi connectivity index (χ2n) is 5.71. The number of hydrogen-bond acceptors (Lipinski definition) is 3. The molecule has 0 aliphatic heterocycles. The minimum atomic E-state index is -3.73. The quantitative estimate of drug-likeness (QED) is 0.823. The van der Waals surface area contributed by atoms with E-state index >= 15 is 0 Å². The second-order valence-corrected chi connectivity index (χ2v) is 8.46. The van der Waals surface area contributed by atoms with Crippen LogP contribution in [-0.2, 0) is 14.8 Å². The lowest BCUT2D eigenvalue weighted by atomic mass is 10.1. The molecule has 2 aromatic rings. The van der Waals surface area contributed by atoms with E-state index in [1.807, 2.05) is 26.0 Å². The smallest absolute Gasteiger partial charge is 0.245 e. The van der Waals surface area contributed by atoms with Gasteiger partial charge in [-0.3, -0.25) is 9.10 Å². The van der Waals surface area contributed by atoms with Gasteiger partial charge in [0.05, 0.1) is 17.0 Å². The molecule has 0 saturated heterocycles. The predicted octanol–water partition coefficient (Wildman–Crippen LogP) is 4.01. The van der Waals surface area contributed by atoms with Gasteiger partial charge in [0, 0.05) is 10.7 Å². The van der Waals surface area contributed by atoms with Gasteiger partial charge in [0.15, 0.2) is 0 Å². The first-order valence-corrected chi connectivity index (χ1v) is 9.98. The molecule has 8 heteroatoms. The van der Waals surface area contributed by atoms with Crippen LogP contribution in [0.1, 0.15) is 11.1 Å². The number of carbonyl (C=O) groups is 1. The Labute approximate surface area is 157 Å². The van der Waals surface area contributed by atoms with Crippen LogP contribution >= 0.6 is 23.2 Å². The Balaban J connectivity index is 2.27. The van der Waals surface area contributed by atoms with Crippen LogP contribution in [-0.4, -0.2) is 27.1 Å². The van der Waals surface area contributed by atoms with Crippen molar-refractivity contribution in [1.29, 1.82) is 0 Å². The molecule has 0 heterocycles. The van der Waals surface area contributed by atoms with Gasteiger partial charge in [-0.15, -0.1) is 0 Å². The summed E-state index contributed by atoms with van der Waals surface area (Å²) in [6, 6.07) is 9.91. The zero-order valence-electron chi connectivity index (χ0n) is 14.0. The number of nitrogens with one attached hydrogen (secondary N) is 1. The topological polar surface area (TPSA) is 66.5 Å². The van der Waals surface area contributed by atoms with E-state index in [-0.39, 0.29) is 10.7 Å². The van der Waals surface area contributed by atoms with Gasteiger partial charge in [0.1, 0.15) is 6.54 Å². The zero-order valence-corrected chi connectivity index (χ0v) is 16.3. The SMILES string of the molecule is Cc1ccc(NC(=O)CN(c2cc(Cl)ccc2Cl)S(C)(=O)=O)cc1C. The molecular formula is C17H18Cl2N2O3S. The number of rotatable bonds is 5. The standard InChI is InChI=1S/C17H18Cl2N2O3S/c1-11-4-6-14(8-12(11)2)20-17(22)10-21(25(3,23)24)16-9-13(18)5-7-15(16)19/h4-9H,10H2,1-3H3,(H,20,22). The minimum absolute atomic E-state index is 0.159. The number of hydrogen-bond donors (Lipinski definition) is 1. The van der Waals surface area contributed by atoms with Gasteiger partial charge in [0.25, 0.3) is 0 Å². The van der Waals surface area contributed by atoms with E-state index in [1.54, 1.807) is 12.1 Å². The molecule has 5 nitrogen and oxygen atoms in total. The van der Waals surface area contributed by atoms with Gasteiger partial charge >= 0.3 is 0 Å². The van der Waals surface area contributed by atoms with Crippen molar-refractivity contribution in [1.82, 2.24) is 0 Å². The number of carbonyl (C=O) groups excluding carboxylic acids is 1. The molecule has 0 radical (unpaired) electrons. The summed E-state index contributed by atoms with van der Waals surface area (Å²) in [6.45, 7) is 3.48. The molecule has 0 atom stereocenters. The van der Waals surface area contributed by atoms with Crippen molar-refractivity contribution >= 4 is 50.5 Å². The van der Waals surface area contributed by atoms with Gasteiger partial charge in [-0.2, -0.15) is 0 Å². The van der Waals surface area contributed by atoms with Crippen molar-refractivity contribution in [2.24, 2.45) is 0 Å². The van der Waals surface area contributed by atoms with Crippen molar-refractivity contribution in [3.05, 3.63) is 57.6 Å². The van der Waals surface area contributed by atoms with Gasteiger partial charge < -0.3 is 5.32 Å². The Kier molecular flexibility index (Phi) is 5.98. The summed E-state index contributed by atoms with van der Waals surface area (Å²) >= 11 is 12.0. The summed E-state index contributed by atoms with van der Waals surface area (Å²) in [5.41, 5.74) is 2.88. The number of nitrogens with zero attached hydrogens (tertiary/aromatic N) is 1. The normalized spacial score (nSPS) is 11.2. The van der Waals surface area contributed by atoms with E-state index in [0.29, 0.717) is 10.7 Å². The zero-order chi connectivity index (χ0) is 18.8. The van der Waals surface area contributed by atoms with E-state index < -0.39 is 22.5 Å². The third-order valence-corrected chi connectivity index (χ3v) is 5.34. The monoisotopic (exact) mass is 400 g/mol. The third-order valence-electron chi connectivity index (χ3n) is 3.66. The first-order valence-electron chi connectivity index (χ1n) is 7.38. The van der Waals surface area contributed by atoms with E-state index in [2.05, 4.69) is 5.32 Å². The fourth-order valence-corrected chi connectivity index (χ4v) is 3.50. The Morgan fingerprint density at radius 3 is 2.36 bits per heavy atom. The number of halogens is 2. The number of benzene rings is 2. The molecule has 0 aromatic heterocycles. The van der Waals surface area contributed by atoms with Crippen LogP contribution in [0.4, 0.5) is 11.4 Å². The third kappa shape index (κ3) is 5.11. The van der Waals surface area contributed by atoms with E-state index in [1.165, 1.54) is 12.1 Å². The van der Waals surface area contributed by atoms with Crippen molar-refractivity contribution in [3.8, 4) is 0 Å². The van der Waals surface area contributed by atoms with E-state index in [4.69, 9.17) is 23.2 Å². The predicted molar refractivity (Wildman–Crippen MR) is 103 cm³/mol. The highest BCUT2D eigenvalue weighted by molar-refractivity contribution is 7.92. The van der Waals surface area contributed by atoms with Crippen LogP contribution in [0.25, 0.3) is 0 Å². The van der Waals surface area contributed by atoms with E-state index in [0.717, 1.165) is 21.7 Å². The van der Waals surface area contributed by atoms with E-state index in [9.17, 15) is 13.2 Å². The maximum absolute atomic E-state index is 12.3. The van der Waals surface area contributed by atoms with Gasteiger partial charge in [0.2, 0.25) is 15.9 Å². The summed E-state index contributed by atoms with van der Waals surface area (Å²) in [7, 11) is -3.73. The molecule has 0 fully saturated rings. The molecule has 0 aliphatic rings. The average molecular weight is 401 g/mol. The Bertz CT molecular complexity index is 914. The molecule has 2 rings (SSSR count). The van der Waals surface area contributed by atoms with Crippen molar-refractivity contribution in [2.45, 2.75) is 13.8 Å². The molecule has 0 saturated carbocycles. The molecule has 0 bridgehead atoms. The molecule has 1 amide bonds. The summed E-state index contributed by atoms with van der Waals surface area (Å²) in [5, 5.41) is 3.21. The van der Waals surface area contributed by atoms with Crippen LogP contribution in [0.3, 0.4) is 0 Å². The fourth-order valence-electron chi connectivity index (χ4n) is 2.21. The number of sulfonamides is 1. The van der Waals surface area contributed by atoms with Crippen LogP contribution in [0.2, 0.25) is 10.0 Å². The highest BCUT2D eigenvalue weighted by atomic mass is 35.5. The van der Waals surface area contributed by atoms with Crippen molar-refractivity contribution in [2.75, 3.05) is 22.4 Å². The summed E-state index contributed by atoms with van der Waals surface area (Å²) in [6.07, 6.45) is 1.01. The second kappa shape index (κ2) is 7.64. The lowest BCUT2D eigenvalue weighted by Crippen LogP contribution is -2.37. The summed E-state index contributed by atoms with van der Waals surface area (Å²) < 4.78 is 25.2. The Hall–Kier alpha value is -1.76. The number of anilines is 2. The first-order chi connectivity index (χ1) is 11.6. The lowest BCUT2D eigenvalue weighted by Gasteiger charge is -2.23. The summed E-state index contributed by atoms with van der Waals surface area (Å²) in [4.78, 5) is 12.3. The maximum atomic E-state index is 12.3. The molecule has 25 heavy (non-hydrogen) atoms. The van der Waals surface area contributed by atoms with Crippen LogP contribution < -0.4 is 9.62 Å². The van der Waals surface area contributed by atoms with Crippen LogP contribution in [0, 0.1) is 13.8 Å². The molecule has 2 aromatic carbocycles. The maximum Gasteiger partial charge on any atom is 0.245 e.